The minimum absolute atomic E-state index is 0.0565. The van der Waals surface area contributed by atoms with Crippen molar-refractivity contribution in [3.05, 3.63) is 29.6 Å². The molecule has 0 aromatic heterocycles. The van der Waals surface area contributed by atoms with Crippen LogP contribution in [-0.4, -0.2) is 17.9 Å². The summed E-state index contributed by atoms with van der Waals surface area (Å²) in [5, 5.41) is 3.82. The van der Waals surface area contributed by atoms with E-state index in [0.29, 0.717) is 23.8 Å². The molecular formula is C13H18FN3OS. The van der Waals surface area contributed by atoms with Crippen LogP contribution in [0.3, 0.4) is 0 Å². The van der Waals surface area contributed by atoms with E-state index >= 15 is 0 Å². The molecule has 0 unspecified atom stereocenters. The van der Waals surface area contributed by atoms with E-state index in [9.17, 15) is 4.39 Å². The van der Waals surface area contributed by atoms with Gasteiger partial charge in [-0.2, -0.15) is 5.10 Å². The maximum atomic E-state index is 13.4. The first-order chi connectivity index (χ1) is 8.97. The Hall–Kier alpha value is -1.69. The Morgan fingerprint density at radius 3 is 2.89 bits per heavy atom. The predicted molar refractivity (Wildman–Crippen MR) is 78.9 cm³/mol. The molecule has 0 amide bonds. The van der Waals surface area contributed by atoms with Gasteiger partial charge >= 0.3 is 0 Å². The van der Waals surface area contributed by atoms with Gasteiger partial charge in [0.1, 0.15) is 11.6 Å². The number of nitrogens with one attached hydrogen (secondary N) is 1. The zero-order valence-electron chi connectivity index (χ0n) is 11.0. The highest BCUT2D eigenvalue weighted by Gasteiger charge is 2.01. The quantitative estimate of drug-likeness (QED) is 0.478. The molecule has 104 valence electrons. The normalized spacial score (nSPS) is 10.9. The lowest BCUT2D eigenvalue weighted by atomic mass is 10.1. The second-order valence-corrected chi connectivity index (χ2v) is 4.93. The molecule has 0 aliphatic carbocycles. The van der Waals surface area contributed by atoms with Crippen LogP contribution in [0.25, 0.3) is 0 Å². The maximum Gasteiger partial charge on any atom is 0.184 e. The van der Waals surface area contributed by atoms with Gasteiger partial charge in [-0.1, -0.05) is 13.8 Å². The number of thiocarbonyl (C=S) groups is 1. The second kappa shape index (κ2) is 7.68. The highest BCUT2D eigenvalue weighted by atomic mass is 32.1. The lowest BCUT2D eigenvalue weighted by molar-refractivity contribution is 0.288. The highest BCUT2D eigenvalue weighted by molar-refractivity contribution is 7.80. The molecule has 1 aromatic rings. The van der Waals surface area contributed by atoms with E-state index in [4.69, 9.17) is 10.5 Å². The van der Waals surface area contributed by atoms with Crippen LogP contribution in [0.4, 0.5) is 4.39 Å². The molecule has 0 aliphatic rings. The number of hydrogen-bond donors (Lipinski definition) is 2. The lowest BCUT2D eigenvalue weighted by Gasteiger charge is -2.08. The summed E-state index contributed by atoms with van der Waals surface area (Å²) in [5.74, 6) is 0.653. The minimum Gasteiger partial charge on any atom is -0.493 e. The fraction of sp³-hybridized carbons (Fsp3) is 0.385. The van der Waals surface area contributed by atoms with E-state index in [1.165, 1.54) is 18.3 Å². The fourth-order valence-corrected chi connectivity index (χ4v) is 1.38. The van der Waals surface area contributed by atoms with Crippen LogP contribution in [0.15, 0.2) is 23.3 Å². The number of hydrazone groups is 1. The van der Waals surface area contributed by atoms with Crippen LogP contribution in [0.1, 0.15) is 25.8 Å². The van der Waals surface area contributed by atoms with E-state index < -0.39 is 0 Å². The molecule has 0 atom stereocenters. The molecule has 4 nitrogen and oxygen atoms in total. The summed E-state index contributed by atoms with van der Waals surface area (Å²) in [6, 6.07) is 4.40. The van der Waals surface area contributed by atoms with E-state index in [-0.39, 0.29) is 10.9 Å². The zero-order valence-corrected chi connectivity index (χ0v) is 11.8. The lowest BCUT2D eigenvalue weighted by Crippen LogP contribution is -2.23. The van der Waals surface area contributed by atoms with E-state index in [0.717, 1.165) is 6.42 Å². The van der Waals surface area contributed by atoms with Crippen LogP contribution in [0.2, 0.25) is 0 Å². The summed E-state index contributed by atoms with van der Waals surface area (Å²) in [4.78, 5) is 0. The monoisotopic (exact) mass is 283 g/mol. The van der Waals surface area contributed by atoms with Gasteiger partial charge in [0.25, 0.3) is 0 Å². The highest BCUT2D eigenvalue weighted by Crippen LogP contribution is 2.16. The van der Waals surface area contributed by atoms with Gasteiger partial charge in [0, 0.05) is 11.6 Å². The zero-order chi connectivity index (χ0) is 14.3. The first-order valence-electron chi connectivity index (χ1n) is 5.99. The Bertz CT molecular complexity index is 463. The molecule has 0 saturated heterocycles. The van der Waals surface area contributed by atoms with Crippen LogP contribution in [0.5, 0.6) is 5.75 Å². The molecule has 0 aliphatic heterocycles. The number of hydrogen-bond acceptors (Lipinski definition) is 3. The number of ether oxygens (including phenoxy) is 1. The van der Waals surface area contributed by atoms with Gasteiger partial charge in [-0.05, 0) is 36.7 Å². The third-order valence-corrected chi connectivity index (χ3v) is 2.34. The van der Waals surface area contributed by atoms with Gasteiger partial charge in [0.05, 0.1) is 12.8 Å². The Kier molecular flexibility index (Phi) is 6.21. The second-order valence-electron chi connectivity index (χ2n) is 4.49. The summed E-state index contributed by atoms with van der Waals surface area (Å²) in [7, 11) is 0. The summed E-state index contributed by atoms with van der Waals surface area (Å²) >= 11 is 4.60. The van der Waals surface area contributed by atoms with E-state index in [1.54, 1.807) is 6.07 Å². The molecule has 1 rings (SSSR count). The summed E-state index contributed by atoms with van der Waals surface area (Å²) in [6.45, 7) is 4.77. The SMILES string of the molecule is CC(C)CCOc1cc(F)cc(C=NNC(N)=S)c1. The molecule has 1 aromatic carbocycles. The Morgan fingerprint density at radius 1 is 1.53 bits per heavy atom. The van der Waals surface area contributed by atoms with E-state index in [1.807, 2.05) is 0 Å². The van der Waals surface area contributed by atoms with Crippen molar-refractivity contribution in [3.8, 4) is 5.75 Å². The molecule has 0 heterocycles. The van der Waals surface area contributed by atoms with Crippen molar-refractivity contribution in [2.45, 2.75) is 20.3 Å². The average molecular weight is 283 g/mol. The average Bonchev–Trinajstić information content (AvgIpc) is 2.27. The number of nitrogens with two attached hydrogens (primary N) is 1. The topological polar surface area (TPSA) is 59.6 Å². The van der Waals surface area contributed by atoms with Crippen molar-refractivity contribution >= 4 is 23.5 Å². The third kappa shape index (κ3) is 6.71. The van der Waals surface area contributed by atoms with Crippen molar-refractivity contribution < 1.29 is 9.13 Å². The van der Waals surface area contributed by atoms with Gasteiger partial charge in [-0.25, -0.2) is 4.39 Å². The molecule has 0 bridgehead atoms. The molecule has 0 fully saturated rings. The number of nitrogens with zero attached hydrogens (tertiary/aromatic N) is 1. The first-order valence-corrected chi connectivity index (χ1v) is 6.40. The van der Waals surface area contributed by atoms with Crippen molar-refractivity contribution in [1.29, 1.82) is 0 Å². The summed E-state index contributed by atoms with van der Waals surface area (Å²) < 4.78 is 18.9. The van der Waals surface area contributed by atoms with Gasteiger partial charge in [-0.3, -0.25) is 5.43 Å². The molecule has 0 spiro atoms. The number of halogens is 1. The Labute approximate surface area is 117 Å². The van der Waals surface area contributed by atoms with Gasteiger partial charge < -0.3 is 10.5 Å². The van der Waals surface area contributed by atoms with Crippen molar-refractivity contribution in [2.75, 3.05) is 6.61 Å². The fourth-order valence-electron chi connectivity index (χ4n) is 1.33. The van der Waals surface area contributed by atoms with Crippen LogP contribution in [0, 0.1) is 11.7 Å². The minimum atomic E-state index is -0.376. The number of benzene rings is 1. The largest absolute Gasteiger partial charge is 0.493 e. The summed E-state index contributed by atoms with van der Waals surface area (Å²) in [6.07, 6.45) is 2.35. The molecule has 6 heteroatoms. The molecule has 0 radical (unpaired) electrons. The molecule has 0 saturated carbocycles. The predicted octanol–water partition coefficient (Wildman–Crippen LogP) is 2.42. The number of rotatable bonds is 6. The van der Waals surface area contributed by atoms with Gasteiger partial charge in [-0.15, -0.1) is 0 Å². The molecule has 3 N–H and O–H groups in total. The van der Waals surface area contributed by atoms with Gasteiger partial charge in [0.2, 0.25) is 0 Å². The molecule has 19 heavy (non-hydrogen) atoms. The third-order valence-electron chi connectivity index (χ3n) is 2.25. The van der Waals surface area contributed by atoms with Crippen LogP contribution in [-0.2, 0) is 0 Å². The van der Waals surface area contributed by atoms with Crippen molar-refractivity contribution in [1.82, 2.24) is 5.43 Å². The van der Waals surface area contributed by atoms with Crippen molar-refractivity contribution in [3.63, 3.8) is 0 Å². The standard InChI is InChI=1S/C13H18FN3OS/c1-9(2)3-4-18-12-6-10(5-11(14)7-12)8-16-17-13(15)19/h5-9H,3-4H2,1-2H3,(H3,15,17,19). The Morgan fingerprint density at radius 2 is 2.26 bits per heavy atom. The first kappa shape index (κ1) is 15.4. The van der Waals surface area contributed by atoms with E-state index in [2.05, 4.69) is 36.6 Å². The molecular weight excluding hydrogens is 265 g/mol. The maximum absolute atomic E-state index is 13.4. The Balaban J connectivity index is 2.65. The van der Waals surface area contributed by atoms with Crippen LogP contribution < -0.4 is 15.9 Å². The van der Waals surface area contributed by atoms with Crippen LogP contribution >= 0.6 is 12.2 Å². The summed E-state index contributed by atoms with van der Waals surface area (Å²) in [5.41, 5.74) is 8.20. The smallest absolute Gasteiger partial charge is 0.184 e. The van der Waals surface area contributed by atoms with Gasteiger partial charge in [0.15, 0.2) is 5.11 Å². The van der Waals surface area contributed by atoms with Crippen molar-refractivity contribution in [2.24, 2.45) is 16.8 Å².